The average molecular weight is 369 g/mol. The normalized spacial score (nSPS) is 11.0. The van der Waals surface area contributed by atoms with Crippen molar-refractivity contribution in [3.8, 4) is 11.4 Å². The van der Waals surface area contributed by atoms with Crippen molar-refractivity contribution < 1.29 is 4.79 Å². The Hall–Kier alpha value is -3.40. The number of hydrogen-bond acceptors (Lipinski definition) is 2. The van der Waals surface area contributed by atoms with Crippen molar-refractivity contribution in [1.29, 1.82) is 0 Å². The number of rotatable bonds is 4. The predicted molar refractivity (Wildman–Crippen MR) is 114 cm³/mol. The molecule has 4 rings (SSSR count). The fourth-order valence-electron chi connectivity index (χ4n) is 3.45. The first-order valence-electron chi connectivity index (χ1n) is 9.41. The van der Waals surface area contributed by atoms with Crippen LogP contribution in [0.4, 0.5) is 5.69 Å². The Balaban J connectivity index is 1.70. The number of aryl methyl sites for hydroxylation is 3. The minimum Gasteiger partial charge on any atom is -0.324 e. The minimum atomic E-state index is -0.0662. The summed E-state index contributed by atoms with van der Waals surface area (Å²) in [5.74, 6) is 0.737. The van der Waals surface area contributed by atoms with Crippen molar-refractivity contribution in [2.45, 2.75) is 27.3 Å². The van der Waals surface area contributed by atoms with E-state index in [9.17, 15) is 4.79 Å². The maximum atomic E-state index is 12.8. The third kappa shape index (κ3) is 3.54. The molecule has 4 aromatic rings. The summed E-state index contributed by atoms with van der Waals surface area (Å²) in [5.41, 5.74) is 7.11. The van der Waals surface area contributed by atoms with Gasteiger partial charge >= 0.3 is 0 Å². The van der Waals surface area contributed by atoms with E-state index >= 15 is 0 Å². The van der Waals surface area contributed by atoms with E-state index in [0.717, 1.165) is 33.7 Å². The second kappa shape index (κ2) is 7.31. The zero-order valence-corrected chi connectivity index (χ0v) is 16.4. The minimum absolute atomic E-state index is 0.0662. The number of carbonyl (C=O) groups excluding carboxylic acids is 1. The Bertz CT molecular complexity index is 1160. The van der Waals surface area contributed by atoms with Gasteiger partial charge in [-0.25, -0.2) is 4.98 Å². The van der Waals surface area contributed by atoms with Crippen LogP contribution in [0.25, 0.3) is 22.4 Å². The lowest BCUT2D eigenvalue weighted by Gasteiger charge is -2.12. The molecule has 0 saturated carbocycles. The number of benzene rings is 3. The number of anilines is 1. The maximum absolute atomic E-state index is 12.8. The van der Waals surface area contributed by atoms with Crippen molar-refractivity contribution in [2.75, 3.05) is 5.32 Å². The molecule has 140 valence electrons. The Morgan fingerprint density at radius 2 is 1.64 bits per heavy atom. The fraction of sp³-hybridized carbons (Fsp3) is 0.167. The molecule has 0 aliphatic heterocycles. The van der Waals surface area contributed by atoms with Gasteiger partial charge in [-0.2, -0.15) is 0 Å². The van der Waals surface area contributed by atoms with E-state index in [0.29, 0.717) is 0 Å². The summed E-state index contributed by atoms with van der Waals surface area (Å²) in [6.45, 7) is 6.32. The number of nitrogens with zero attached hydrogens (tertiary/aromatic N) is 2. The van der Waals surface area contributed by atoms with Gasteiger partial charge in [0.15, 0.2) is 0 Å². The lowest BCUT2D eigenvalue weighted by Crippen LogP contribution is -2.19. The molecule has 0 atom stereocenters. The third-order valence-corrected chi connectivity index (χ3v) is 4.92. The van der Waals surface area contributed by atoms with Crippen LogP contribution in [0.3, 0.4) is 0 Å². The molecule has 1 heterocycles. The van der Waals surface area contributed by atoms with Gasteiger partial charge in [-0.3, -0.25) is 4.79 Å². The standard InChI is InChI=1S/C24H23N3O/c1-16-8-11-19(12-9-16)24-26-21-6-4-5-7-22(21)27(24)15-23(28)25-20-13-10-17(2)14-18(20)3/h4-14H,15H2,1-3H3,(H,25,28). The zero-order valence-electron chi connectivity index (χ0n) is 16.4. The van der Waals surface area contributed by atoms with Crippen LogP contribution in [0.2, 0.25) is 0 Å². The van der Waals surface area contributed by atoms with Gasteiger partial charge in [0, 0.05) is 11.3 Å². The summed E-state index contributed by atoms with van der Waals surface area (Å²) in [6.07, 6.45) is 0. The monoisotopic (exact) mass is 369 g/mol. The summed E-state index contributed by atoms with van der Waals surface area (Å²) < 4.78 is 1.98. The van der Waals surface area contributed by atoms with E-state index in [-0.39, 0.29) is 12.5 Å². The van der Waals surface area contributed by atoms with Gasteiger partial charge in [0.1, 0.15) is 12.4 Å². The Morgan fingerprint density at radius 3 is 2.39 bits per heavy atom. The largest absolute Gasteiger partial charge is 0.324 e. The van der Waals surface area contributed by atoms with E-state index in [4.69, 9.17) is 4.98 Å². The highest BCUT2D eigenvalue weighted by atomic mass is 16.1. The SMILES string of the molecule is Cc1ccc(-c2nc3ccccc3n2CC(=O)Nc2ccc(C)cc2C)cc1. The lowest BCUT2D eigenvalue weighted by atomic mass is 10.1. The van der Waals surface area contributed by atoms with Gasteiger partial charge in [0.2, 0.25) is 5.91 Å². The van der Waals surface area contributed by atoms with Gasteiger partial charge in [0.25, 0.3) is 0 Å². The Morgan fingerprint density at radius 1 is 0.929 bits per heavy atom. The first-order chi connectivity index (χ1) is 13.5. The molecule has 1 amide bonds. The van der Waals surface area contributed by atoms with Crippen LogP contribution in [-0.2, 0) is 11.3 Å². The highest BCUT2D eigenvalue weighted by molar-refractivity contribution is 5.93. The molecule has 0 saturated heterocycles. The number of aromatic nitrogens is 2. The van der Waals surface area contributed by atoms with Crippen molar-refractivity contribution in [3.05, 3.63) is 83.4 Å². The van der Waals surface area contributed by atoms with Crippen LogP contribution in [0.15, 0.2) is 66.7 Å². The summed E-state index contributed by atoms with van der Waals surface area (Å²) in [6, 6.07) is 22.2. The van der Waals surface area contributed by atoms with E-state index in [1.807, 2.05) is 54.8 Å². The van der Waals surface area contributed by atoms with Gasteiger partial charge in [0.05, 0.1) is 11.0 Å². The van der Waals surface area contributed by atoms with Crippen molar-refractivity contribution in [2.24, 2.45) is 0 Å². The van der Waals surface area contributed by atoms with Crippen LogP contribution in [-0.4, -0.2) is 15.5 Å². The lowest BCUT2D eigenvalue weighted by molar-refractivity contribution is -0.116. The fourth-order valence-corrected chi connectivity index (χ4v) is 3.45. The molecule has 0 aliphatic carbocycles. The molecule has 0 unspecified atom stereocenters. The molecule has 3 aromatic carbocycles. The molecule has 0 radical (unpaired) electrons. The molecule has 1 N–H and O–H groups in total. The molecule has 0 bridgehead atoms. The Labute approximate surface area is 164 Å². The molecule has 28 heavy (non-hydrogen) atoms. The smallest absolute Gasteiger partial charge is 0.244 e. The van der Waals surface area contributed by atoms with Crippen LogP contribution in [0.1, 0.15) is 16.7 Å². The molecule has 0 aliphatic rings. The topological polar surface area (TPSA) is 46.9 Å². The predicted octanol–water partition coefficient (Wildman–Crippen LogP) is 5.27. The molecule has 4 heteroatoms. The second-order valence-electron chi connectivity index (χ2n) is 7.24. The summed E-state index contributed by atoms with van der Waals surface area (Å²) >= 11 is 0. The maximum Gasteiger partial charge on any atom is 0.244 e. The quantitative estimate of drug-likeness (QED) is 0.533. The Kier molecular flexibility index (Phi) is 4.70. The van der Waals surface area contributed by atoms with Crippen molar-refractivity contribution in [1.82, 2.24) is 9.55 Å². The van der Waals surface area contributed by atoms with Crippen LogP contribution >= 0.6 is 0 Å². The number of nitrogens with one attached hydrogen (secondary N) is 1. The van der Waals surface area contributed by atoms with Crippen molar-refractivity contribution in [3.63, 3.8) is 0 Å². The number of hydrogen-bond donors (Lipinski definition) is 1. The van der Waals surface area contributed by atoms with E-state index in [1.165, 1.54) is 11.1 Å². The highest BCUT2D eigenvalue weighted by Crippen LogP contribution is 2.25. The second-order valence-corrected chi connectivity index (χ2v) is 7.24. The number of fused-ring (bicyclic) bond motifs is 1. The van der Waals surface area contributed by atoms with Gasteiger partial charge in [-0.15, -0.1) is 0 Å². The third-order valence-electron chi connectivity index (χ3n) is 4.92. The zero-order chi connectivity index (χ0) is 19.7. The number of amides is 1. The van der Waals surface area contributed by atoms with Crippen molar-refractivity contribution >= 4 is 22.6 Å². The molecule has 4 nitrogen and oxygen atoms in total. The summed E-state index contributed by atoms with van der Waals surface area (Å²) in [4.78, 5) is 17.6. The van der Waals surface area contributed by atoms with E-state index in [1.54, 1.807) is 0 Å². The molecule has 0 spiro atoms. The summed E-state index contributed by atoms with van der Waals surface area (Å²) in [7, 11) is 0. The number of carbonyl (C=O) groups is 1. The molecule has 0 fully saturated rings. The van der Waals surface area contributed by atoms with Crippen LogP contribution in [0.5, 0.6) is 0 Å². The number of para-hydroxylation sites is 2. The van der Waals surface area contributed by atoms with Gasteiger partial charge in [-0.05, 0) is 44.5 Å². The summed E-state index contributed by atoms with van der Waals surface area (Å²) in [5, 5.41) is 3.04. The highest BCUT2D eigenvalue weighted by Gasteiger charge is 2.15. The van der Waals surface area contributed by atoms with E-state index < -0.39 is 0 Å². The first-order valence-corrected chi connectivity index (χ1v) is 9.41. The van der Waals surface area contributed by atoms with Gasteiger partial charge in [-0.1, -0.05) is 59.7 Å². The average Bonchev–Trinajstić information content (AvgIpc) is 3.03. The number of imidazole rings is 1. The van der Waals surface area contributed by atoms with E-state index in [2.05, 4.69) is 42.6 Å². The first kappa shape index (κ1) is 18.0. The van der Waals surface area contributed by atoms with Crippen LogP contribution in [0, 0.1) is 20.8 Å². The van der Waals surface area contributed by atoms with Gasteiger partial charge < -0.3 is 9.88 Å². The molecule has 1 aromatic heterocycles. The molecular weight excluding hydrogens is 346 g/mol. The van der Waals surface area contributed by atoms with Crippen LogP contribution < -0.4 is 5.32 Å². The molecular formula is C24H23N3O.